The molecule has 0 aliphatic heterocycles. The van der Waals surface area contributed by atoms with Crippen LogP contribution >= 0.6 is 27.7 Å². The monoisotopic (exact) mass is 308 g/mol. The van der Waals surface area contributed by atoms with Gasteiger partial charge in [0.1, 0.15) is 5.03 Å². The van der Waals surface area contributed by atoms with Gasteiger partial charge in [0.05, 0.1) is 0 Å². The first kappa shape index (κ1) is 12.6. The molecule has 0 saturated heterocycles. The van der Waals surface area contributed by atoms with Crippen LogP contribution in [-0.4, -0.2) is 4.98 Å². The molecule has 17 heavy (non-hydrogen) atoms. The summed E-state index contributed by atoms with van der Waals surface area (Å²) in [7, 11) is 0. The normalized spacial score (nSPS) is 12.4. The summed E-state index contributed by atoms with van der Waals surface area (Å²) in [6, 6.07) is 12.2. The van der Waals surface area contributed by atoms with Gasteiger partial charge in [-0.25, -0.2) is 4.98 Å². The van der Waals surface area contributed by atoms with Crippen molar-refractivity contribution in [3.8, 4) is 0 Å². The third kappa shape index (κ3) is 3.56. The van der Waals surface area contributed by atoms with Crippen LogP contribution < -0.4 is 5.73 Å². The van der Waals surface area contributed by atoms with Gasteiger partial charge in [0, 0.05) is 21.6 Å². The van der Waals surface area contributed by atoms with Crippen LogP contribution in [0.15, 0.2) is 57.0 Å². The van der Waals surface area contributed by atoms with Crippen molar-refractivity contribution in [2.75, 3.05) is 0 Å². The molecule has 1 unspecified atom stereocenters. The van der Waals surface area contributed by atoms with E-state index in [1.165, 1.54) is 4.90 Å². The van der Waals surface area contributed by atoms with Crippen molar-refractivity contribution in [1.82, 2.24) is 4.98 Å². The van der Waals surface area contributed by atoms with Crippen LogP contribution in [0.1, 0.15) is 18.5 Å². The molecule has 4 heteroatoms. The van der Waals surface area contributed by atoms with E-state index in [0.717, 1.165) is 15.1 Å². The Morgan fingerprint density at radius 2 is 1.94 bits per heavy atom. The maximum Gasteiger partial charge on any atom is 0.101 e. The fourth-order valence-corrected chi connectivity index (χ4v) is 2.47. The Morgan fingerprint density at radius 1 is 1.24 bits per heavy atom. The molecule has 0 aliphatic carbocycles. The summed E-state index contributed by atoms with van der Waals surface area (Å²) in [6.07, 6.45) is 1.81. The minimum atomic E-state index is 0.0438. The van der Waals surface area contributed by atoms with Crippen molar-refractivity contribution in [1.29, 1.82) is 0 Å². The number of hydrogen-bond donors (Lipinski definition) is 1. The van der Waals surface area contributed by atoms with Crippen LogP contribution in [0.25, 0.3) is 0 Å². The molecular weight excluding hydrogens is 296 g/mol. The summed E-state index contributed by atoms with van der Waals surface area (Å²) < 4.78 is 1.08. The molecule has 0 saturated carbocycles. The molecule has 2 N–H and O–H groups in total. The van der Waals surface area contributed by atoms with E-state index in [1.807, 2.05) is 31.2 Å². The van der Waals surface area contributed by atoms with Gasteiger partial charge in [0.2, 0.25) is 0 Å². The van der Waals surface area contributed by atoms with Gasteiger partial charge in [-0.3, -0.25) is 0 Å². The first-order valence-electron chi connectivity index (χ1n) is 5.30. The fourth-order valence-electron chi connectivity index (χ4n) is 1.39. The van der Waals surface area contributed by atoms with E-state index >= 15 is 0 Å². The second-order valence-electron chi connectivity index (χ2n) is 3.77. The number of nitrogens with zero attached hydrogens (tertiary/aromatic N) is 1. The van der Waals surface area contributed by atoms with Gasteiger partial charge in [0.15, 0.2) is 0 Å². The summed E-state index contributed by atoms with van der Waals surface area (Å²) >= 11 is 5.06. The van der Waals surface area contributed by atoms with Crippen molar-refractivity contribution in [2.45, 2.75) is 22.9 Å². The molecule has 1 heterocycles. The molecular formula is C13H13BrN2S. The lowest BCUT2D eigenvalue weighted by molar-refractivity contribution is 0.808. The van der Waals surface area contributed by atoms with Gasteiger partial charge in [-0.2, -0.15) is 0 Å². The Kier molecular flexibility index (Phi) is 4.20. The van der Waals surface area contributed by atoms with Crippen molar-refractivity contribution >= 4 is 27.7 Å². The molecule has 2 aromatic rings. The first-order chi connectivity index (χ1) is 8.15. The second-order valence-corrected chi connectivity index (χ2v) is 5.78. The minimum absolute atomic E-state index is 0.0438. The fraction of sp³-hybridized carbons (Fsp3) is 0.154. The van der Waals surface area contributed by atoms with E-state index in [2.05, 4.69) is 33.0 Å². The largest absolute Gasteiger partial charge is 0.324 e. The van der Waals surface area contributed by atoms with Gasteiger partial charge >= 0.3 is 0 Å². The lowest BCUT2D eigenvalue weighted by Crippen LogP contribution is -2.04. The molecule has 88 valence electrons. The highest BCUT2D eigenvalue weighted by atomic mass is 79.9. The SMILES string of the molecule is CC(N)c1ccnc(Sc2ccc(Br)cc2)c1. The maximum atomic E-state index is 5.85. The lowest BCUT2D eigenvalue weighted by Gasteiger charge is -2.07. The van der Waals surface area contributed by atoms with E-state index < -0.39 is 0 Å². The molecule has 2 rings (SSSR count). The average molecular weight is 309 g/mol. The highest BCUT2D eigenvalue weighted by molar-refractivity contribution is 9.10. The predicted molar refractivity (Wildman–Crippen MR) is 75.1 cm³/mol. The minimum Gasteiger partial charge on any atom is -0.324 e. The molecule has 0 radical (unpaired) electrons. The molecule has 0 aliphatic rings. The summed E-state index contributed by atoms with van der Waals surface area (Å²) in [4.78, 5) is 5.50. The summed E-state index contributed by atoms with van der Waals surface area (Å²) in [5.41, 5.74) is 6.96. The van der Waals surface area contributed by atoms with Crippen LogP contribution in [-0.2, 0) is 0 Å². The first-order valence-corrected chi connectivity index (χ1v) is 6.91. The van der Waals surface area contributed by atoms with Gasteiger partial charge in [-0.1, -0.05) is 27.7 Å². The molecule has 1 atom stereocenters. The van der Waals surface area contributed by atoms with Crippen LogP contribution in [0.3, 0.4) is 0 Å². The number of aromatic nitrogens is 1. The zero-order chi connectivity index (χ0) is 12.3. The van der Waals surface area contributed by atoms with E-state index in [-0.39, 0.29) is 6.04 Å². The van der Waals surface area contributed by atoms with Crippen molar-refractivity contribution in [3.63, 3.8) is 0 Å². The standard InChI is InChI=1S/C13H13BrN2S/c1-9(15)10-6-7-16-13(8-10)17-12-4-2-11(14)3-5-12/h2-9H,15H2,1H3. The van der Waals surface area contributed by atoms with Crippen LogP contribution in [0.4, 0.5) is 0 Å². The van der Waals surface area contributed by atoms with E-state index in [1.54, 1.807) is 18.0 Å². The molecule has 2 nitrogen and oxygen atoms in total. The van der Waals surface area contributed by atoms with Crippen molar-refractivity contribution in [3.05, 3.63) is 52.6 Å². The zero-order valence-electron chi connectivity index (χ0n) is 9.43. The molecule has 0 fully saturated rings. The molecule has 0 bridgehead atoms. The van der Waals surface area contributed by atoms with Gasteiger partial charge in [0.25, 0.3) is 0 Å². The smallest absolute Gasteiger partial charge is 0.101 e. The Morgan fingerprint density at radius 3 is 2.59 bits per heavy atom. The number of rotatable bonds is 3. The summed E-state index contributed by atoms with van der Waals surface area (Å²) in [6.45, 7) is 1.98. The zero-order valence-corrected chi connectivity index (χ0v) is 11.8. The van der Waals surface area contributed by atoms with Gasteiger partial charge < -0.3 is 5.73 Å². The number of hydrogen-bond acceptors (Lipinski definition) is 3. The van der Waals surface area contributed by atoms with E-state index in [0.29, 0.717) is 0 Å². The van der Waals surface area contributed by atoms with Gasteiger partial charge in [-0.15, -0.1) is 0 Å². The van der Waals surface area contributed by atoms with E-state index in [4.69, 9.17) is 5.73 Å². The third-order valence-corrected chi connectivity index (χ3v) is 3.79. The summed E-state index contributed by atoms with van der Waals surface area (Å²) in [5.74, 6) is 0. The van der Waals surface area contributed by atoms with Crippen molar-refractivity contribution in [2.24, 2.45) is 5.73 Å². The highest BCUT2D eigenvalue weighted by Crippen LogP contribution is 2.28. The number of pyridine rings is 1. The van der Waals surface area contributed by atoms with Crippen LogP contribution in [0.5, 0.6) is 0 Å². The van der Waals surface area contributed by atoms with E-state index in [9.17, 15) is 0 Å². The molecule has 0 spiro atoms. The van der Waals surface area contributed by atoms with Crippen LogP contribution in [0.2, 0.25) is 0 Å². The highest BCUT2D eigenvalue weighted by Gasteiger charge is 2.03. The molecule has 0 amide bonds. The lowest BCUT2D eigenvalue weighted by atomic mass is 10.1. The Bertz CT molecular complexity index is 497. The van der Waals surface area contributed by atoms with Crippen molar-refractivity contribution < 1.29 is 0 Å². The predicted octanol–water partition coefficient (Wildman–Crippen LogP) is 4.02. The Hall–Kier alpha value is -0.840. The quantitative estimate of drug-likeness (QED) is 0.931. The Labute approximate surface area is 114 Å². The third-order valence-electron chi connectivity index (χ3n) is 2.32. The molecule has 1 aromatic carbocycles. The number of nitrogens with two attached hydrogens (primary N) is 1. The summed E-state index contributed by atoms with van der Waals surface area (Å²) in [5, 5.41) is 0.974. The topological polar surface area (TPSA) is 38.9 Å². The average Bonchev–Trinajstić information content (AvgIpc) is 2.32. The number of benzene rings is 1. The van der Waals surface area contributed by atoms with Crippen LogP contribution in [0, 0.1) is 0 Å². The Balaban J connectivity index is 2.18. The van der Waals surface area contributed by atoms with Gasteiger partial charge in [-0.05, 0) is 48.9 Å². The second kappa shape index (κ2) is 5.67. The molecule has 1 aromatic heterocycles. The maximum absolute atomic E-state index is 5.85. The number of halogens is 1.